The lowest BCUT2D eigenvalue weighted by atomic mass is 9.67. The summed E-state index contributed by atoms with van der Waals surface area (Å²) in [5, 5.41) is 0. The van der Waals surface area contributed by atoms with Crippen LogP contribution in [0.1, 0.15) is 34.1 Å². The van der Waals surface area contributed by atoms with Gasteiger partial charge in [-0.3, -0.25) is 0 Å². The third-order valence-electron chi connectivity index (χ3n) is 3.54. The van der Waals surface area contributed by atoms with Gasteiger partial charge in [-0.15, -0.1) is 0 Å². The lowest BCUT2D eigenvalue weighted by Crippen LogP contribution is -2.27. The summed E-state index contributed by atoms with van der Waals surface area (Å²) in [5.41, 5.74) is 3.82. The third-order valence-corrected chi connectivity index (χ3v) is 3.54. The van der Waals surface area contributed by atoms with Gasteiger partial charge in [-0.25, -0.2) is 0 Å². The Hall–Kier alpha value is -1.04. The second kappa shape index (κ2) is 4.22. The Bertz CT molecular complexity index is 339. The van der Waals surface area contributed by atoms with Crippen molar-refractivity contribution in [1.82, 2.24) is 0 Å². The van der Waals surface area contributed by atoms with E-state index >= 15 is 0 Å². The molecule has 0 heterocycles. The molecular formula is C15H22. The molecule has 0 aromatic heterocycles. The molecule has 0 saturated carbocycles. The Morgan fingerprint density at radius 2 is 1.93 bits per heavy atom. The molecule has 82 valence electrons. The van der Waals surface area contributed by atoms with Crippen LogP contribution in [0.25, 0.3) is 0 Å². The first kappa shape index (κ1) is 12.0. The Labute approximate surface area is 94.1 Å². The van der Waals surface area contributed by atoms with Crippen LogP contribution in [0.2, 0.25) is 0 Å². The summed E-state index contributed by atoms with van der Waals surface area (Å²) in [7, 11) is 0. The predicted octanol–water partition coefficient (Wildman–Crippen LogP) is 4.67. The molecule has 15 heavy (non-hydrogen) atoms. The van der Waals surface area contributed by atoms with E-state index in [1.165, 1.54) is 11.1 Å². The SMILES string of the molecule is C=C(C)C1=CCC(C(=C)C)(C(C)C)C=C1. The summed E-state index contributed by atoms with van der Waals surface area (Å²) < 4.78 is 0. The first-order chi connectivity index (χ1) is 6.90. The Kier molecular flexibility index (Phi) is 3.38. The van der Waals surface area contributed by atoms with Crippen LogP contribution in [-0.4, -0.2) is 0 Å². The molecule has 0 bridgehead atoms. The first-order valence-electron chi connectivity index (χ1n) is 5.61. The minimum absolute atomic E-state index is 0.152. The molecule has 1 atom stereocenters. The van der Waals surface area contributed by atoms with E-state index in [0.29, 0.717) is 5.92 Å². The normalized spacial score (nSPS) is 25.3. The summed E-state index contributed by atoms with van der Waals surface area (Å²) >= 11 is 0. The number of allylic oxidation sites excluding steroid dienone is 6. The van der Waals surface area contributed by atoms with E-state index in [1.807, 2.05) is 0 Å². The van der Waals surface area contributed by atoms with E-state index in [1.54, 1.807) is 0 Å². The zero-order chi connectivity index (χ0) is 11.6. The second-order valence-corrected chi connectivity index (χ2v) is 4.95. The topological polar surface area (TPSA) is 0 Å². The van der Waals surface area contributed by atoms with Gasteiger partial charge in [0.2, 0.25) is 0 Å². The fourth-order valence-corrected chi connectivity index (χ4v) is 2.21. The van der Waals surface area contributed by atoms with E-state index in [9.17, 15) is 0 Å². The summed E-state index contributed by atoms with van der Waals surface area (Å²) in [6, 6.07) is 0. The van der Waals surface area contributed by atoms with Crippen LogP contribution in [0.5, 0.6) is 0 Å². The third kappa shape index (κ3) is 2.14. The highest BCUT2D eigenvalue weighted by molar-refractivity contribution is 5.42. The van der Waals surface area contributed by atoms with Gasteiger partial charge in [0.1, 0.15) is 0 Å². The molecule has 0 nitrogen and oxygen atoms in total. The van der Waals surface area contributed by atoms with Crippen LogP contribution >= 0.6 is 0 Å². The minimum atomic E-state index is 0.152. The predicted molar refractivity (Wildman–Crippen MR) is 68.7 cm³/mol. The molecule has 1 rings (SSSR count). The molecule has 0 N–H and O–H groups in total. The molecule has 1 aliphatic carbocycles. The maximum absolute atomic E-state index is 4.14. The van der Waals surface area contributed by atoms with Crippen molar-refractivity contribution in [3.63, 3.8) is 0 Å². The molecule has 0 fully saturated rings. The largest absolute Gasteiger partial charge is 0.0992 e. The standard InChI is InChI=1S/C15H22/c1-11(2)14-7-9-15(10-8-14,12(3)4)13(5)6/h7-9,13H,1,3,10H2,2,4-6H3. The number of hydrogen-bond donors (Lipinski definition) is 0. The van der Waals surface area contributed by atoms with E-state index in [2.05, 4.69) is 59.1 Å². The molecule has 1 unspecified atom stereocenters. The van der Waals surface area contributed by atoms with E-state index in [0.717, 1.165) is 12.0 Å². The summed E-state index contributed by atoms with van der Waals surface area (Å²) in [5.74, 6) is 0.592. The molecular weight excluding hydrogens is 180 g/mol. The highest BCUT2D eigenvalue weighted by atomic mass is 14.4. The molecule has 0 heteroatoms. The van der Waals surface area contributed by atoms with Gasteiger partial charge < -0.3 is 0 Å². The molecule has 0 aliphatic heterocycles. The van der Waals surface area contributed by atoms with E-state index < -0.39 is 0 Å². The van der Waals surface area contributed by atoms with Crippen LogP contribution in [0.15, 0.2) is 48.1 Å². The minimum Gasteiger partial charge on any atom is -0.0992 e. The molecule has 0 aromatic carbocycles. The van der Waals surface area contributed by atoms with Crippen molar-refractivity contribution in [2.75, 3.05) is 0 Å². The van der Waals surface area contributed by atoms with Crippen LogP contribution in [0.4, 0.5) is 0 Å². The van der Waals surface area contributed by atoms with Gasteiger partial charge in [0.15, 0.2) is 0 Å². The van der Waals surface area contributed by atoms with Gasteiger partial charge in [0.05, 0.1) is 0 Å². The molecule has 1 aliphatic rings. The van der Waals surface area contributed by atoms with Crippen molar-refractivity contribution in [1.29, 1.82) is 0 Å². The van der Waals surface area contributed by atoms with Crippen molar-refractivity contribution < 1.29 is 0 Å². The molecule has 0 aromatic rings. The van der Waals surface area contributed by atoms with Gasteiger partial charge >= 0.3 is 0 Å². The smallest absolute Gasteiger partial charge is 0.0146 e. The maximum Gasteiger partial charge on any atom is 0.0146 e. The van der Waals surface area contributed by atoms with E-state index in [-0.39, 0.29) is 5.41 Å². The monoisotopic (exact) mass is 202 g/mol. The zero-order valence-corrected chi connectivity index (χ0v) is 10.4. The molecule has 0 amide bonds. The Morgan fingerprint density at radius 1 is 1.33 bits per heavy atom. The summed E-state index contributed by atoms with van der Waals surface area (Å²) in [6.07, 6.45) is 7.85. The first-order valence-corrected chi connectivity index (χ1v) is 5.61. The average Bonchev–Trinajstić information content (AvgIpc) is 2.17. The van der Waals surface area contributed by atoms with Crippen molar-refractivity contribution in [2.24, 2.45) is 11.3 Å². The molecule has 0 radical (unpaired) electrons. The fourth-order valence-electron chi connectivity index (χ4n) is 2.21. The van der Waals surface area contributed by atoms with Crippen LogP contribution in [-0.2, 0) is 0 Å². The van der Waals surface area contributed by atoms with Gasteiger partial charge in [0.25, 0.3) is 0 Å². The average molecular weight is 202 g/mol. The van der Waals surface area contributed by atoms with E-state index in [4.69, 9.17) is 0 Å². The Morgan fingerprint density at radius 3 is 2.20 bits per heavy atom. The second-order valence-electron chi connectivity index (χ2n) is 4.95. The highest BCUT2D eigenvalue weighted by Crippen LogP contribution is 2.43. The van der Waals surface area contributed by atoms with Gasteiger partial charge in [-0.2, -0.15) is 0 Å². The highest BCUT2D eigenvalue weighted by Gasteiger charge is 2.32. The maximum atomic E-state index is 4.14. The lowest BCUT2D eigenvalue weighted by Gasteiger charge is -2.37. The van der Waals surface area contributed by atoms with Gasteiger partial charge in [0, 0.05) is 5.41 Å². The molecule has 0 spiro atoms. The van der Waals surface area contributed by atoms with Crippen LogP contribution in [0, 0.1) is 11.3 Å². The Balaban J connectivity index is 2.99. The van der Waals surface area contributed by atoms with Crippen LogP contribution < -0.4 is 0 Å². The molecule has 0 saturated heterocycles. The lowest BCUT2D eigenvalue weighted by molar-refractivity contribution is 0.325. The van der Waals surface area contributed by atoms with Gasteiger partial charge in [-0.05, 0) is 31.8 Å². The summed E-state index contributed by atoms with van der Waals surface area (Å²) in [4.78, 5) is 0. The number of hydrogen-bond acceptors (Lipinski definition) is 0. The van der Waals surface area contributed by atoms with Gasteiger partial charge in [-0.1, -0.05) is 56.4 Å². The van der Waals surface area contributed by atoms with Crippen molar-refractivity contribution >= 4 is 0 Å². The van der Waals surface area contributed by atoms with Crippen molar-refractivity contribution in [3.05, 3.63) is 48.1 Å². The quantitative estimate of drug-likeness (QED) is 0.583. The van der Waals surface area contributed by atoms with Crippen LogP contribution in [0.3, 0.4) is 0 Å². The zero-order valence-electron chi connectivity index (χ0n) is 10.4. The number of rotatable bonds is 3. The summed E-state index contributed by atoms with van der Waals surface area (Å²) in [6.45, 7) is 16.8. The van der Waals surface area contributed by atoms with Crippen molar-refractivity contribution in [3.8, 4) is 0 Å². The fraction of sp³-hybridized carbons (Fsp3) is 0.467. The van der Waals surface area contributed by atoms with Crippen molar-refractivity contribution in [2.45, 2.75) is 34.1 Å².